The second-order valence-corrected chi connectivity index (χ2v) is 4.07. The minimum Gasteiger partial charge on any atom is -0.469 e. The molecule has 16 heavy (non-hydrogen) atoms. The number of unbranched alkanes of at least 4 members (excludes halogenated alkanes) is 5. The van der Waals surface area contributed by atoms with Crippen molar-refractivity contribution in [2.45, 2.75) is 57.5 Å². The Morgan fingerprint density at radius 1 is 1.12 bits per heavy atom. The van der Waals surface area contributed by atoms with E-state index in [1.807, 2.05) is 0 Å². The van der Waals surface area contributed by atoms with E-state index in [0.717, 1.165) is 38.5 Å². The highest BCUT2D eigenvalue weighted by atomic mass is 16.5. The highest BCUT2D eigenvalue weighted by Gasteiger charge is 2.01. The minimum atomic E-state index is -0.556. The van der Waals surface area contributed by atoms with E-state index >= 15 is 0 Å². The van der Waals surface area contributed by atoms with Crippen molar-refractivity contribution in [1.82, 2.24) is 0 Å². The molecule has 4 heteroatoms. The molecule has 0 aromatic rings. The van der Waals surface area contributed by atoms with Gasteiger partial charge in [-0.3, -0.25) is 4.79 Å². The van der Waals surface area contributed by atoms with Crippen LogP contribution in [0.3, 0.4) is 0 Å². The second kappa shape index (κ2) is 10.9. The van der Waals surface area contributed by atoms with Gasteiger partial charge in [0.2, 0.25) is 0 Å². The van der Waals surface area contributed by atoms with Crippen molar-refractivity contribution in [3.8, 4) is 0 Å². The van der Waals surface area contributed by atoms with Crippen molar-refractivity contribution in [3.63, 3.8) is 0 Å². The van der Waals surface area contributed by atoms with Gasteiger partial charge in [-0.05, 0) is 12.8 Å². The van der Waals surface area contributed by atoms with Crippen molar-refractivity contribution in [2.75, 3.05) is 13.7 Å². The summed E-state index contributed by atoms with van der Waals surface area (Å²) in [6.45, 7) is -0.140. The first-order valence-corrected chi connectivity index (χ1v) is 6.06. The van der Waals surface area contributed by atoms with Crippen molar-refractivity contribution in [1.29, 1.82) is 0 Å². The summed E-state index contributed by atoms with van der Waals surface area (Å²) in [4.78, 5) is 10.8. The molecule has 0 aromatic heterocycles. The largest absolute Gasteiger partial charge is 0.469 e. The lowest BCUT2D eigenvalue weighted by atomic mass is 10.1. The highest BCUT2D eigenvalue weighted by molar-refractivity contribution is 5.68. The molecule has 0 aliphatic rings. The molecule has 0 fully saturated rings. The van der Waals surface area contributed by atoms with E-state index in [9.17, 15) is 4.79 Å². The summed E-state index contributed by atoms with van der Waals surface area (Å²) in [5.41, 5.74) is 0. The zero-order valence-corrected chi connectivity index (χ0v) is 10.2. The third-order valence-electron chi connectivity index (χ3n) is 2.61. The average Bonchev–Trinajstić information content (AvgIpc) is 2.31. The molecule has 96 valence electrons. The van der Waals surface area contributed by atoms with E-state index < -0.39 is 6.10 Å². The molecule has 0 heterocycles. The van der Waals surface area contributed by atoms with Gasteiger partial charge in [-0.25, -0.2) is 0 Å². The molecule has 0 aliphatic heterocycles. The van der Waals surface area contributed by atoms with Gasteiger partial charge in [0, 0.05) is 6.42 Å². The third-order valence-corrected chi connectivity index (χ3v) is 2.61. The Bertz CT molecular complexity index is 170. The third kappa shape index (κ3) is 9.93. The van der Waals surface area contributed by atoms with Gasteiger partial charge >= 0.3 is 5.97 Å². The van der Waals surface area contributed by atoms with Crippen LogP contribution in [0.5, 0.6) is 0 Å². The molecular formula is C12H24O4. The molecule has 0 bridgehead atoms. The molecule has 0 saturated heterocycles. The molecular weight excluding hydrogens is 208 g/mol. The molecule has 0 rings (SSSR count). The van der Waals surface area contributed by atoms with Crippen LogP contribution in [-0.2, 0) is 9.53 Å². The Labute approximate surface area is 97.6 Å². The van der Waals surface area contributed by atoms with Crippen LogP contribution in [0.15, 0.2) is 0 Å². The predicted octanol–water partition coefficient (Wildman–Crippen LogP) is 1.63. The highest BCUT2D eigenvalue weighted by Crippen LogP contribution is 2.09. The molecule has 0 aromatic carbocycles. The van der Waals surface area contributed by atoms with Crippen LogP contribution in [0, 0.1) is 0 Å². The van der Waals surface area contributed by atoms with E-state index in [0.29, 0.717) is 12.8 Å². The smallest absolute Gasteiger partial charge is 0.305 e. The number of carbonyl (C=O) groups excluding carboxylic acids is 1. The Balaban J connectivity index is 3.07. The molecule has 0 spiro atoms. The summed E-state index contributed by atoms with van der Waals surface area (Å²) in [6.07, 6.45) is 6.86. The van der Waals surface area contributed by atoms with Gasteiger partial charge in [0.1, 0.15) is 0 Å². The summed E-state index contributed by atoms with van der Waals surface area (Å²) in [5, 5.41) is 17.7. The van der Waals surface area contributed by atoms with E-state index in [1.54, 1.807) is 0 Å². The number of aliphatic hydroxyl groups excluding tert-OH is 2. The van der Waals surface area contributed by atoms with Crippen molar-refractivity contribution < 1.29 is 19.7 Å². The molecule has 1 atom stereocenters. The summed E-state index contributed by atoms with van der Waals surface area (Å²) in [6, 6.07) is 0. The predicted molar refractivity (Wildman–Crippen MR) is 62.0 cm³/mol. The number of esters is 1. The number of methoxy groups -OCH3 is 1. The quantitative estimate of drug-likeness (QED) is 0.444. The Kier molecular flexibility index (Phi) is 10.5. The zero-order chi connectivity index (χ0) is 12.2. The minimum absolute atomic E-state index is 0.133. The number of carbonyl (C=O) groups is 1. The standard InChI is InChI=1S/C12H24O4/c1-16-12(15)9-7-5-3-2-4-6-8-11(14)10-13/h11,13-14H,2-10H2,1H3/t11-/m1/s1. The van der Waals surface area contributed by atoms with Crippen LogP contribution in [0.2, 0.25) is 0 Å². The topological polar surface area (TPSA) is 66.8 Å². The molecule has 0 saturated carbocycles. The first-order valence-electron chi connectivity index (χ1n) is 6.06. The van der Waals surface area contributed by atoms with Crippen LogP contribution >= 0.6 is 0 Å². The van der Waals surface area contributed by atoms with E-state index in [2.05, 4.69) is 4.74 Å². The summed E-state index contributed by atoms with van der Waals surface area (Å²) >= 11 is 0. The van der Waals surface area contributed by atoms with Gasteiger partial charge in [0.15, 0.2) is 0 Å². The van der Waals surface area contributed by atoms with E-state index in [1.165, 1.54) is 7.11 Å². The first kappa shape index (κ1) is 15.4. The second-order valence-electron chi connectivity index (χ2n) is 4.07. The normalized spacial score (nSPS) is 12.4. The molecule has 0 aliphatic carbocycles. The number of aliphatic hydroxyl groups is 2. The first-order chi connectivity index (χ1) is 7.70. The molecule has 0 amide bonds. The summed E-state index contributed by atoms with van der Waals surface area (Å²) < 4.78 is 4.54. The fraction of sp³-hybridized carbons (Fsp3) is 0.917. The van der Waals surface area contributed by atoms with Gasteiger partial charge in [-0.1, -0.05) is 32.1 Å². The lowest BCUT2D eigenvalue weighted by Crippen LogP contribution is -2.10. The summed E-state index contributed by atoms with van der Waals surface area (Å²) in [5.74, 6) is -0.133. The van der Waals surface area contributed by atoms with Gasteiger partial charge in [-0.2, -0.15) is 0 Å². The lowest BCUT2D eigenvalue weighted by molar-refractivity contribution is -0.140. The van der Waals surface area contributed by atoms with Crippen molar-refractivity contribution in [3.05, 3.63) is 0 Å². The molecule has 0 radical (unpaired) electrons. The number of hydrogen-bond acceptors (Lipinski definition) is 4. The SMILES string of the molecule is COC(=O)CCCCCCCC[C@@H](O)CO. The number of ether oxygens (including phenoxy) is 1. The van der Waals surface area contributed by atoms with E-state index in [-0.39, 0.29) is 12.6 Å². The van der Waals surface area contributed by atoms with Crippen LogP contribution in [0.1, 0.15) is 51.4 Å². The fourth-order valence-corrected chi connectivity index (χ4v) is 1.55. The Morgan fingerprint density at radius 2 is 1.69 bits per heavy atom. The van der Waals surface area contributed by atoms with E-state index in [4.69, 9.17) is 10.2 Å². The monoisotopic (exact) mass is 232 g/mol. The van der Waals surface area contributed by atoms with Crippen LogP contribution in [0.4, 0.5) is 0 Å². The molecule has 4 nitrogen and oxygen atoms in total. The Hall–Kier alpha value is -0.610. The van der Waals surface area contributed by atoms with Crippen LogP contribution < -0.4 is 0 Å². The Morgan fingerprint density at radius 3 is 2.25 bits per heavy atom. The fourth-order valence-electron chi connectivity index (χ4n) is 1.55. The molecule has 2 N–H and O–H groups in total. The number of rotatable bonds is 10. The van der Waals surface area contributed by atoms with Crippen molar-refractivity contribution >= 4 is 5.97 Å². The van der Waals surface area contributed by atoms with Crippen molar-refractivity contribution in [2.24, 2.45) is 0 Å². The van der Waals surface area contributed by atoms with Gasteiger partial charge in [0.05, 0.1) is 19.8 Å². The maximum atomic E-state index is 10.8. The lowest BCUT2D eigenvalue weighted by Gasteiger charge is -2.06. The molecule has 0 unspecified atom stereocenters. The summed E-state index contributed by atoms with van der Waals surface area (Å²) in [7, 11) is 1.41. The van der Waals surface area contributed by atoms with Crippen LogP contribution in [-0.4, -0.2) is 36.0 Å². The van der Waals surface area contributed by atoms with Gasteiger partial charge in [0.25, 0.3) is 0 Å². The number of hydrogen-bond donors (Lipinski definition) is 2. The van der Waals surface area contributed by atoms with Gasteiger partial charge in [-0.15, -0.1) is 0 Å². The maximum absolute atomic E-state index is 10.8. The maximum Gasteiger partial charge on any atom is 0.305 e. The van der Waals surface area contributed by atoms with Gasteiger partial charge < -0.3 is 14.9 Å². The van der Waals surface area contributed by atoms with Crippen LogP contribution in [0.25, 0.3) is 0 Å². The average molecular weight is 232 g/mol. The zero-order valence-electron chi connectivity index (χ0n) is 10.2.